The lowest BCUT2D eigenvalue weighted by molar-refractivity contribution is -0.122. The minimum Gasteiger partial charge on any atom is -0.475 e. The third kappa shape index (κ3) is 4.71. The highest BCUT2D eigenvalue weighted by molar-refractivity contribution is 5.75. The van der Waals surface area contributed by atoms with Gasteiger partial charge in [-0.25, -0.2) is 9.07 Å². The van der Waals surface area contributed by atoms with Crippen LogP contribution in [0.5, 0.6) is 5.88 Å². The molecule has 0 bridgehead atoms. The number of carbonyl (C=O) groups is 1. The molecule has 1 aromatic carbocycles. The summed E-state index contributed by atoms with van der Waals surface area (Å²) in [7, 11) is 0. The normalized spacial score (nSPS) is 13.2. The molecule has 5 rings (SSSR count). The van der Waals surface area contributed by atoms with Crippen LogP contribution in [0.25, 0.3) is 17.0 Å². The molecule has 1 N–H and O–H groups in total. The fraction of sp³-hybridized carbons (Fsp3) is 0.273. The summed E-state index contributed by atoms with van der Waals surface area (Å²) >= 11 is 0. The molecule has 1 fully saturated rings. The SMILES string of the molecule is O=C(Cn1nc(C2CC2)ccc1=O)NCCOc1ccc2nnc(-c3ccc(F)cc3)n2n1. The van der Waals surface area contributed by atoms with Crippen LogP contribution in [0.4, 0.5) is 4.39 Å². The summed E-state index contributed by atoms with van der Waals surface area (Å²) in [6.45, 7) is 0.247. The molecule has 1 aliphatic carbocycles. The second-order valence-electron chi connectivity index (χ2n) is 7.70. The molecule has 1 amide bonds. The monoisotopic (exact) mass is 449 g/mol. The van der Waals surface area contributed by atoms with Gasteiger partial charge in [0.1, 0.15) is 19.0 Å². The number of aromatic nitrogens is 6. The van der Waals surface area contributed by atoms with Crippen LogP contribution in [0.2, 0.25) is 0 Å². The van der Waals surface area contributed by atoms with Crippen LogP contribution in [0.15, 0.2) is 53.3 Å². The van der Waals surface area contributed by atoms with Crippen molar-refractivity contribution in [1.82, 2.24) is 34.9 Å². The number of halogens is 1. The fourth-order valence-electron chi connectivity index (χ4n) is 3.34. The Morgan fingerprint density at radius 1 is 1.06 bits per heavy atom. The maximum atomic E-state index is 13.2. The van der Waals surface area contributed by atoms with E-state index in [9.17, 15) is 14.0 Å². The Balaban J connectivity index is 1.17. The summed E-state index contributed by atoms with van der Waals surface area (Å²) < 4.78 is 21.5. The summed E-state index contributed by atoms with van der Waals surface area (Å²) in [5, 5.41) is 19.5. The summed E-state index contributed by atoms with van der Waals surface area (Å²) in [5.41, 5.74) is 1.71. The van der Waals surface area contributed by atoms with E-state index in [4.69, 9.17) is 4.74 Å². The Morgan fingerprint density at radius 2 is 1.88 bits per heavy atom. The van der Waals surface area contributed by atoms with Gasteiger partial charge in [-0.3, -0.25) is 9.59 Å². The predicted octanol–water partition coefficient (Wildman–Crippen LogP) is 1.56. The second kappa shape index (κ2) is 8.77. The van der Waals surface area contributed by atoms with Crippen molar-refractivity contribution in [2.45, 2.75) is 25.3 Å². The molecule has 4 aromatic rings. The van der Waals surface area contributed by atoms with Gasteiger partial charge in [0.15, 0.2) is 11.5 Å². The number of amides is 1. The van der Waals surface area contributed by atoms with E-state index in [1.54, 1.807) is 30.3 Å². The first kappa shape index (κ1) is 20.7. The number of hydrogen-bond donors (Lipinski definition) is 1. The van der Waals surface area contributed by atoms with Crippen LogP contribution in [0.1, 0.15) is 24.5 Å². The number of nitrogens with zero attached hydrogens (tertiary/aromatic N) is 6. The lowest BCUT2D eigenvalue weighted by Crippen LogP contribution is -2.35. The first-order valence-electron chi connectivity index (χ1n) is 10.5. The Morgan fingerprint density at radius 3 is 2.67 bits per heavy atom. The topological polar surface area (TPSA) is 116 Å². The van der Waals surface area contributed by atoms with E-state index in [1.165, 1.54) is 27.4 Å². The standard InChI is InChI=1S/C22H20FN7O3/c23-16-5-3-15(4-6-16)22-26-25-18-8-9-20(28-30(18)22)33-12-11-24-19(31)13-29-21(32)10-7-17(27-29)14-1-2-14/h3-10,14H,1-2,11-13H2,(H,24,31). The first-order valence-corrected chi connectivity index (χ1v) is 10.5. The molecule has 0 spiro atoms. The molecule has 11 heteroatoms. The molecule has 3 heterocycles. The first-order chi connectivity index (χ1) is 16.1. The maximum Gasteiger partial charge on any atom is 0.267 e. The van der Waals surface area contributed by atoms with Gasteiger partial charge in [0, 0.05) is 23.6 Å². The van der Waals surface area contributed by atoms with Crippen LogP contribution < -0.4 is 15.6 Å². The molecule has 1 aliphatic rings. The van der Waals surface area contributed by atoms with Gasteiger partial charge in [0.25, 0.3) is 5.56 Å². The Labute approximate surface area is 187 Å². The van der Waals surface area contributed by atoms with Crippen LogP contribution in [0.3, 0.4) is 0 Å². The van der Waals surface area contributed by atoms with Crippen molar-refractivity contribution in [3.8, 4) is 17.3 Å². The summed E-state index contributed by atoms with van der Waals surface area (Å²) in [4.78, 5) is 24.2. The van der Waals surface area contributed by atoms with Crippen LogP contribution in [-0.2, 0) is 11.3 Å². The number of rotatable bonds is 8. The van der Waals surface area contributed by atoms with Crippen LogP contribution >= 0.6 is 0 Å². The zero-order valence-corrected chi connectivity index (χ0v) is 17.5. The summed E-state index contributed by atoms with van der Waals surface area (Å²) in [6.07, 6.45) is 2.13. The lowest BCUT2D eigenvalue weighted by Gasteiger charge is -2.09. The average Bonchev–Trinajstić information content (AvgIpc) is 3.58. The largest absolute Gasteiger partial charge is 0.475 e. The second-order valence-corrected chi connectivity index (χ2v) is 7.70. The molecule has 0 radical (unpaired) electrons. The number of nitrogens with one attached hydrogen (secondary N) is 1. The van der Waals surface area contributed by atoms with Gasteiger partial charge in [-0.1, -0.05) is 0 Å². The molecule has 10 nitrogen and oxygen atoms in total. The number of ether oxygens (including phenoxy) is 1. The summed E-state index contributed by atoms with van der Waals surface area (Å²) in [6, 6.07) is 12.4. The molecule has 0 unspecified atom stereocenters. The van der Waals surface area contributed by atoms with E-state index in [0.717, 1.165) is 18.5 Å². The molecule has 0 saturated heterocycles. The Kier molecular flexibility index (Phi) is 5.51. The minimum atomic E-state index is -0.345. The van der Waals surface area contributed by atoms with Crippen molar-refractivity contribution < 1.29 is 13.9 Å². The summed E-state index contributed by atoms with van der Waals surface area (Å²) in [5.74, 6) is 0.488. The minimum absolute atomic E-state index is 0.147. The van der Waals surface area contributed by atoms with Crippen molar-refractivity contribution in [3.63, 3.8) is 0 Å². The van der Waals surface area contributed by atoms with Crippen LogP contribution in [-0.4, -0.2) is 48.7 Å². The molecule has 3 aromatic heterocycles. The lowest BCUT2D eigenvalue weighted by atomic mass is 10.2. The highest BCUT2D eigenvalue weighted by Crippen LogP contribution is 2.38. The van der Waals surface area contributed by atoms with E-state index in [-0.39, 0.29) is 37.0 Å². The molecule has 1 saturated carbocycles. The third-order valence-electron chi connectivity index (χ3n) is 5.19. The predicted molar refractivity (Wildman–Crippen MR) is 115 cm³/mol. The molecular weight excluding hydrogens is 429 g/mol. The molecule has 0 atom stereocenters. The van der Waals surface area contributed by atoms with Gasteiger partial charge in [-0.05, 0) is 49.2 Å². The van der Waals surface area contributed by atoms with Crippen molar-refractivity contribution in [2.75, 3.05) is 13.2 Å². The van der Waals surface area contributed by atoms with E-state index in [0.29, 0.717) is 28.8 Å². The van der Waals surface area contributed by atoms with E-state index in [2.05, 4.69) is 25.7 Å². The zero-order valence-electron chi connectivity index (χ0n) is 17.5. The molecule has 33 heavy (non-hydrogen) atoms. The molecular formula is C22H20FN7O3. The van der Waals surface area contributed by atoms with Gasteiger partial charge in [0.2, 0.25) is 11.8 Å². The van der Waals surface area contributed by atoms with Crippen molar-refractivity contribution >= 4 is 11.6 Å². The Hall–Kier alpha value is -4.15. The van der Waals surface area contributed by atoms with Gasteiger partial charge in [-0.15, -0.1) is 15.3 Å². The zero-order chi connectivity index (χ0) is 22.8. The highest BCUT2D eigenvalue weighted by atomic mass is 19.1. The third-order valence-corrected chi connectivity index (χ3v) is 5.19. The van der Waals surface area contributed by atoms with Gasteiger partial charge in [0.05, 0.1) is 12.2 Å². The van der Waals surface area contributed by atoms with E-state index >= 15 is 0 Å². The number of benzene rings is 1. The van der Waals surface area contributed by atoms with Crippen molar-refractivity contribution in [1.29, 1.82) is 0 Å². The molecule has 0 aliphatic heterocycles. The quantitative estimate of drug-likeness (QED) is 0.406. The average molecular weight is 449 g/mol. The van der Waals surface area contributed by atoms with Gasteiger partial charge in [-0.2, -0.15) is 9.61 Å². The van der Waals surface area contributed by atoms with E-state index in [1.807, 2.05) is 0 Å². The highest BCUT2D eigenvalue weighted by Gasteiger charge is 2.25. The van der Waals surface area contributed by atoms with E-state index < -0.39 is 0 Å². The van der Waals surface area contributed by atoms with Crippen molar-refractivity contribution in [2.24, 2.45) is 0 Å². The number of carbonyl (C=O) groups excluding carboxylic acids is 1. The Bertz CT molecular complexity index is 1360. The van der Waals surface area contributed by atoms with Crippen LogP contribution in [0, 0.1) is 5.82 Å². The smallest absolute Gasteiger partial charge is 0.267 e. The number of hydrogen-bond acceptors (Lipinski definition) is 7. The van der Waals surface area contributed by atoms with Crippen molar-refractivity contribution in [3.05, 3.63) is 70.4 Å². The maximum absolute atomic E-state index is 13.2. The van der Waals surface area contributed by atoms with Gasteiger partial charge >= 0.3 is 0 Å². The molecule has 168 valence electrons. The number of fused-ring (bicyclic) bond motifs is 1. The van der Waals surface area contributed by atoms with Gasteiger partial charge < -0.3 is 10.1 Å². The fourth-order valence-corrected chi connectivity index (χ4v) is 3.34.